The summed E-state index contributed by atoms with van der Waals surface area (Å²) in [7, 11) is 0. The van der Waals surface area contributed by atoms with Crippen LogP contribution < -0.4 is 5.32 Å². The van der Waals surface area contributed by atoms with E-state index < -0.39 is 11.9 Å². The largest absolute Gasteiger partial charge is 0.452 e. The number of hydrogen-bond acceptors (Lipinski definition) is 3. The Labute approximate surface area is 128 Å². The number of benzene rings is 1. The van der Waals surface area contributed by atoms with Crippen LogP contribution in [0, 0.1) is 6.92 Å². The summed E-state index contributed by atoms with van der Waals surface area (Å²) in [5, 5.41) is 2.67. The lowest BCUT2D eigenvalue weighted by atomic mass is 10.2. The maximum absolute atomic E-state index is 11.7. The highest BCUT2D eigenvalue weighted by molar-refractivity contribution is 9.11. The molecule has 1 amide bonds. The molecule has 0 aromatic heterocycles. The molecule has 0 bridgehead atoms. The second-order valence-electron chi connectivity index (χ2n) is 3.76. The van der Waals surface area contributed by atoms with Gasteiger partial charge in [-0.15, -0.1) is 0 Å². The number of amides is 1. The third-order valence-corrected chi connectivity index (χ3v) is 3.35. The zero-order chi connectivity index (χ0) is 14.4. The smallest absolute Gasteiger partial charge is 0.330 e. The summed E-state index contributed by atoms with van der Waals surface area (Å²) in [6.07, 6.45) is 2.80. The third kappa shape index (κ3) is 5.16. The lowest BCUT2D eigenvalue weighted by Crippen LogP contribution is -2.20. The van der Waals surface area contributed by atoms with Crippen LogP contribution in [0.5, 0.6) is 0 Å². The van der Waals surface area contributed by atoms with E-state index in [2.05, 4.69) is 37.2 Å². The van der Waals surface area contributed by atoms with Crippen LogP contribution >= 0.6 is 31.9 Å². The molecule has 0 saturated carbocycles. The van der Waals surface area contributed by atoms with Crippen molar-refractivity contribution in [3.8, 4) is 0 Å². The molecule has 0 heterocycles. The van der Waals surface area contributed by atoms with E-state index in [1.165, 1.54) is 6.08 Å². The predicted octanol–water partition coefficient (Wildman–Crippen LogP) is 3.58. The molecule has 0 spiro atoms. The van der Waals surface area contributed by atoms with Crippen molar-refractivity contribution >= 4 is 49.4 Å². The topological polar surface area (TPSA) is 55.4 Å². The second-order valence-corrected chi connectivity index (χ2v) is 5.47. The molecular weight excluding hydrogens is 378 g/mol. The number of allylic oxidation sites excluding steroid dienone is 1. The molecule has 1 N–H and O–H groups in total. The minimum atomic E-state index is -0.542. The number of esters is 1. The monoisotopic (exact) mass is 389 g/mol. The fourth-order valence-corrected chi connectivity index (χ4v) is 2.93. The molecule has 0 atom stereocenters. The zero-order valence-corrected chi connectivity index (χ0v) is 13.7. The van der Waals surface area contributed by atoms with Crippen molar-refractivity contribution in [1.29, 1.82) is 0 Å². The van der Waals surface area contributed by atoms with E-state index in [0.717, 1.165) is 14.5 Å². The molecule has 0 radical (unpaired) electrons. The molecule has 1 rings (SSSR count). The maximum atomic E-state index is 11.7. The first kappa shape index (κ1) is 15.9. The molecule has 0 unspecified atom stereocenters. The highest BCUT2D eigenvalue weighted by Gasteiger charge is 2.11. The molecule has 4 nitrogen and oxygen atoms in total. The number of rotatable bonds is 4. The summed E-state index contributed by atoms with van der Waals surface area (Å²) in [5.74, 6) is -0.942. The molecule has 1 aromatic carbocycles. The second kappa shape index (κ2) is 7.45. The van der Waals surface area contributed by atoms with Gasteiger partial charge in [0.2, 0.25) is 0 Å². The van der Waals surface area contributed by atoms with Crippen molar-refractivity contribution < 1.29 is 14.3 Å². The maximum Gasteiger partial charge on any atom is 0.330 e. The number of aryl methyl sites for hydroxylation is 1. The lowest BCUT2D eigenvalue weighted by Gasteiger charge is -2.10. The van der Waals surface area contributed by atoms with Gasteiger partial charge in [0.1, 0.15) is 0 Å². The average molecular weight is 391 g/mol. The van der Waals surface area contributed by atoms with Gasteiger partial charge >= 0.3 is 5.97 Å². The van der Waals surface area contributed by atoms with Crippen molar-refractivity contribution in [2.24, 2.45) is 0 Å². The fourth-order valence-electron chi connectivity index (χ4n) is 1.32. The van der Waals surface area contributed by atoms with Crippen LogP contribution in [0.15, 0.2) is 33.2 Å². The average Bonchev–Trinajstić information content (AvgIpc) is 2.31. The van der Waals surface area contributed by atoms with E-state index in [-0.39, 0.29) is 6.61 Å². The Morgan fingerprint density at radius 2 is 1.89 bits per heavy atom. The lowest BCUT2D eigenvalue weighted by molar-refractivity contribution is -0.142. The number of nitrogens with one attached hydrogen (secondary N) is 1. The first-order valence-electron chi connectivity index (χ1n) is 5.49. The van der Waals surface area contributed by atoms with Crippen LogP contribution in [0.4, 0.5) is 5.69 Å². The van der Waals surface area contributed by atoms with Crippen LogP contribution in [0.2, 0.25) is 0 Å². The van der Waals surface area contributed by atoms with Crippen molar-refractivity contribution in [2.75, 3.05) is 11.9 Å². The Hall–Kier alpha value is -1.14. The quantitative estimate of drug-likeness (QED) is 0.631. The summed E-state index contributed by atoms with van der Waals surface area (Å²) in [4.78, 5) is 22.7. The first-order valence-corrected chi connectivity index (χ1v) is 7.07. The molecule has 0 aliphatic heterocycles. The number of ether oxygens (including phenoxy) is 1. The van der Waals surface area contributed by atoms with Gasteiger partial charge in [-0.3, -0.25) is 4.79 Å². The van der Waals surface area contributed by atoms with Crippen LogP contribution in [0.1, 0.15) is 12.5 Å². The standard InChI is InChI=1S/C13H13Br2NO3/c1-3-4-12(18)19-7-11(17)16-13-9(14)5-8(2)6-10(13)15/h3-6H,7H2,1-2H3,(H,16,17)/b4-3+. The van der Waals surface area contributed by atoms with Gasteiger partial charge in [0.15, 0.2) is 6.61 Å². The van der Waals surface area contributed by atoms with E-state index in [1.807, 2.05) is 19.1 Å². The summed E-state index contributed by atoms with van der Waals surface area (Å²) in [5.41, 5.74) is 1.66. The predicted molar refractivity (Wildman–Crippen MR) is 81.0 cm³/mol. The molecule has 0 aliphatic rings. The van der Waals surface area contributed by atoms with Gasteiger partial charge in [-0.25, -0.2) is 4.79 Å². The third-order valence-electron chi connectivity index (χ3n) is 2.10. The number of carbonyl (C=O) groups excluding carboxylic acids is 2. The van der Waals surface area contributed by atoms with Gasteiger partial charge in [0.05, 0.1) is 5.69 Å². The molecule has 1 aromatic rings. The Morgan fingerprint density at radius 1 is 1.32 bits per heavy atom. The minimum absolute atomic E-state index is 0.323. The van der Waals surface area contributed by atoms with Crippen molar-refractivity contribution in [2.45, 2.75) is 13.8 Å². The van der Waals surface area contributed by atoms with Gasteiger partial charge in [0, 0.05) is 15.0 Å². The molecule has 0 fully saturated rings. The molecule has 19 heavy (non-hydrogen) atoms. The fraction of sp³-hybridized carbons (Fsp3) is 0.231. The molecular formula is C13H13Br2NO3. The Morgan fingerprint density at radius 3 is 2.42 bits per heavy atom. The Bertz CT molecular complexity index is 504. The minimum Gasteiger partial charge on any atom is -0.452 e. The van der Waals surface area contributed by atoms with Crippen molar-refractivity contribution in [3.63, 3.8) is 0 Å². The van der Waals surface area contributed by atoms with E-state index in [0.29, 0.717) is 5.69 Å². The van der Waals surface area contributed by atoms with Crippen LogP contribution in [0.3, 0.4) is 0 Å². The number of halogens is 2. The van der Waals surface area contributed by atoms with Gasteiger partial charge in [0.25, 0.3) is 5.91 Å². The van der Waals surface area contributed by atoms with Gasteiger partial charge in [-0.05, 0) is 63.4 Å². The van der Waals surface area contributed by atoms with E-state index in [1.54, 1.807) is 13.0 Å². The molecule has 102 valence electrons. The summed E-state index contributed by atoms with van der Waals surface area (Å²) in [6, 6.07) is 3.76. The van der Waals surface area contributed by atoms with E-state index in [9.17, 15) is 9.59 Å². The zero-order valence-electron chi connectivity index (χ0n) is 10.5. The molecule has 6 heteroatoms. The summed E-state index contributed by atoms with van der Waals surface area (Å²) in [6.45, 7) is 3.32. The normalized spacial score (nSPS) is 10.5. The van der Waals surface area contributed by atoms with Crippen molar-refractivity contribution in [3.05, 3.63) is 38.8 Å². The highest BCUT2D eigenvalue weighted by atomic mass is 79.9. The highest BCUT2D eigenvalue weighted by Crippen LogP contribution is 2.32. The SMILES string of the molecule is C/C=C/C(=O)OCC(=O)Nc1c(Br)cc(C)cc1Br. The molecule has 0 aliphatic carbocycles. The van der Waals surface area contributed by atoms with E-state index >= 15 is 0 Å². The van der Waals surface area contributed by atoms with Crippen LogP contribution in [-0.2, 0) is 14.3 Å². The van der Waals surface area contributed by atoms with Gasteiger partial charge < -0.3 is 10.1 Å². The van der Waals surface area contributed by atoms with Crippen LogP contribution in [0.25, 0.3) is 0 Å². The number of carbonyl (C=O) groups is 2. The Kier molecular flexibility index (Phi) is 6.24. The summed E-state index contributed by atoms with van der Waals surface area (Å²) >= 11 is 6.74. The Balaban J connectivity index is 2.65. The number of hydrogen-bond donors (Lipinski definition) is 1. The van der Waals surface area contributed by atoms with Crippen LogP contribution in [-0.4, -0.2) is 18.5 Å². The van der Waals surface area contributed by atoms with Crippen molar-refractivity contribution in [1.82, 2.24) is 0 Å². The first-order chi connectivity index (χ1) is 8.93. The van der Waals surface area contributed by atoms with E-state index in [4.69, 9.17) is 4.74 Å². The molecule has 0 saturated heterocycles. The van der Waals surface area contributed by atoms with Gasteiger partial charge in [-0.1, -0.05) is 6.08 Å². The summed E-state index contributed by atoms with van der Waals surface area (Å²) < 4.78 is 6.27. The van der Waals surface area contributed by atoms with Gasteiger partial charge in [-0.2, -0.15) is 0 Å². The number of anilines is 1.